The van der Waals surface area contributed by atoms with Crippen molar-refractivity contribution in [3.05, 3.63) is 12.0 Å². The van der Waals surface area contributed by atoms with E-state index in [0.29, 0.717) is 13.0 Å². The molecular formula is C9H10N2O3. The Kier molecular flexibility index (Phi) is 3.56. The first-order valence-corrected chi connectivity index (χ1v) is 4.06. The molecule has 0 radical (unpaired) electrons. The summed E-state index contributed by atoms with van der Waals surface area (Å²) in [6.07, 6.45) is 1.76. The molecule has 1 heterocycles. The van der Waals surface area contributed by atoms with Gasteiger partial charge < -0.3 is 14.8 Å². The lowest BCUT2D eigenvalue weighted by Gasteiger charge is -1.94. The van der Waals surface area contributed by atoms with Gasteiger partial charge in [-0.3, -0.25) is 0 Å². The first-order chi connectivity index (χ1) is 6.74. The van der Waals surface area contributed by atoms with Crippen molar-refractivity contribution in [3.8, 4) is 11.8 Å². The third kappa shape index (κ3) is 2.83. The molecule has 0 aliphatic carbocycles. The number of nitrogens with one attached hydrogen (secondary N) is 1. The quantitative estimate of drug-likeness (QED) is 0.556. The van der Waals surface area contributed by atoms with Gasteiger partial charge in [0.15, 0.2) is 5.69 Å². The molecule has 0 aliphatic heterocycles. The molecule has 0 saturated carbocycles. The molecule has 0 aliphatic rings. The second-order valence-corrected chi connectivity index (χ2v) is 2.45. The van der Waals surface area contributed by atoms with E-state index >= 15 is 0 Å². The fourth-order valence-corrected chi connectivity index (χ4v) is 0.810. The zero-order valence-corrected chi connectivity index (χ0v) is 7.70. The maximum Gasteiger partial charge on any atom is 0.357 e. The minimum Gasteiger partial charge on any atom is -0.476 e. The number of nitrogens with zero attached hydrogens (tertiary/aromatic N) is 1. The van der Waals surface area contributed by atoms with Crippen LogP contribution in [-0.2, 0) is 0 Å². The average molecular weight is 194 g/mol. The van der Waals surface area contributed by atoms with Crippen LogP contribution in [-0.4, -0.2) is 22.6 Å². The fourth-order valence-electron chi connectivity index (χ4n) is 0.810. The Balaban J connectivity index is 2.42. The van der Waals surface area contributed by atoms with Gasteiger partial charge in [0.05, 0.1) is 0 Å². The van der Waals surface area contributed by atoms with Crippen molar-refractivity contribution >= 4 is 12.0 Å². The van der Waals surface area contributed by atoms with Gasteiger partial charge in [-0.1, -0.05) is 0 Å². The van der Waals surface area contributed by atoms with E-state index in [4.69, 9.17) is 9.52 Å². The molecule has 0 unspecified atom stereocenters. The van der Waals surface area contributed by atoms with Gasteiger partial charge in [-0.05, 0) is 6.92 Å². The van der Waals surface area contributed by atoms with Crippen LogP contribution in [0.25, 0.3) is 0 Å². The van der Waals surface area contributed by atoms with Crippen molar-refractivity contribution in [2.24, 2.45) is 0 Å². The Morgan fingerprint density at radius 2 is 2.57 bits per heavy atom. The van der Waals surface area contributed by atoms with E-state index in [1.54, 1.807) is 6.92 Å². The van der Waals surface area contributed by atoms with Crippen LogP contribution in [0, 0.1) is 11.8 Å². The maximum absolute atomic E-state index is 10.4. The zero-order chi connectivity index (χ0) is 10.4. The van der Waals surface area contributed by atoms with Gasteiger partial charge in [-0.15, -0.1) is 11.8 Å². The highest BCUT2D eigenvalue weighted by molar-refractivity contribution is 5.85. The summed E-state index contributed by atoms with van der Waals surface area (Å²) in [7, 11) is 0. The first kappa shape index (κ1) is 10.1. The molecule has 2 N–H and O–H groups in total. The molecular weight excluding hydrogens is 184 g/mol. The van der Waals surface area contributed by atoms with Gasteiger partial charge in [0.1, 0.15) is 6.26 Å². The molecule has 5 nitrogen and oxygen atoms in total. The van der Waals surface area contributed by atoms with Crippen molar-refractivity contribution in [3.63, 3.8) is 0 Å². The first-order valence-electron chi connectivity index (χ1n) is 4.06. The van der Waals surface area contributed by atoms with E-state index < -0.39 is 5.97 Å². The molecule has 0 saturated heterocycles. The Labute approximate surface area is 81.1 Å². The van der Waals surface area contributed by atoms with Crippen molar-refractivity contribution in [1.29, 1.82) is 0 Å². The second-order valence-electron chi connectivity index (χ2n) is 2.45. The van der Waals surface area contributed by atoms with Crippen LogP contribution in [0.15, 0.2) is 10.7 Å². The van der Waals surface area contributed by atoms with Crippen molar-refractivity contribution in [2.45, 2.75) is 13.3 Å². The topological polar surface area (TPSA) is 75.4 Å². The van der Waals surface area contributed by atoms with Crippen LogP contribution >= 0.6 is 0 Å². The molecule has 0 atom stereocenters. The SMILES string of the molecule is CC#CCCNc1nc(C(=O)O)co1. The highest BCUT2D eigenvalue weighted by Gasteiger charge is 2.08. The summed E-state index contributed by atoms with van der Waals surface area (Å²) >= 11 is 0. The number of aromatic nitrogens is 1. The highest BCUT2D eigenvalue weighted by Crippen LogP contribution is 2.06. The molecule has 0 spiro atoms. The van der Waals surface area contributed by atoms with E-state index in [0.717, 1.165) is 6.26 Å². The Morgan fingerprint density at radius 1 is 1.79 bits per heavy atom. The molecule has 1 aromatic rings. The standard InChI is InChI=1S/C9H10N2O3/c1-2-3-4-5-10-9-11-7(6-14-9)8(12)13/h6H,4-5H2,1H3,(H,10,11)(H,12,13). The van der Waals surface area contributed by atoms with Gasteiger partial charge in [-0.2, -0.15) is 4.98 Å². The smallest absolute Gasteiger partial charge is 0.357 e. The minimum atomic E-state index is -1.10. The fraction of sp³-hybridized carbons (Fsp3) is 0.333. The summed E-state index contributed by atoms with van der Waals surface area (Å²) in [4.78, 5) is 14.1. The van der Waals surface area contributed by atoms with Crippen LogP contribution in [0.3, 0.4) is 0 Å². The summed E-state index contributed by atoms with van der Waals surface area (Å²) < 4.78 is 4.85. The average Bonchev–Trinajstić information content (AvgIpc) is 2.61. The van der Waals surface area contributed by atoms with Crippen LogP contribution < -0.4 is 5.32 Å². The van der Waals surface area contributed by atoms with E-state index in [9.17, 15) is 4.79 Å². The predicted octanol–water partition coefficient (Wildman–Crippen LogP) is 1.20. The lowest BCUT2D eigenvalue weighted by molar-refractivity contribution is 0.0690. The normalized spacial score (nSPS) is 8.93. The van der Waals surface area contributed by atoms with E-state index in [1.807, 2.05) is 0 Å². The Bertz CT molecular complexity index is 373. The third-order valence-electron chi connectivity index (χ3n) is 1.43. The van der Waals surface area contributed by atoms with Crippen molar-refractivity contribution in [2.75, 3.05) is 11.9 Å². The van der Waals surface area contributed by atoms with Gasteiger partial charge in [0.2, 0.25) is 0 Å². The number of oxazole rings is 1. The number of aromatic carboxylic acids is 1. The summed E-state index contributed by atoms with van der Waals surface area (Å²) in [6.45, 7) is 2.34. The Morgan fingerprint density at radius 3 is 3.14 bits per heavy atom. The van der Waals surface area contributed by atoms with Crippen LogP contribution in [0.1, 0.15) is 23.8 Å². The number of hydrogen-bond donors (Lipinski definition) is 2. The lowest BCUT2D eigenvalue weighted by atomic mass is 10.4. The largest absolute Gasteiger partial charge is 0.476 e. The number of carbonyl (C=O) groups is 1. The molecule has 0 amide bonds. The predicted molar refractivity (Wildman–Crippen MR) is 50.0 cm³/mol. The lowest BCUT2D eigenvalue weighted by Crippen LogP contribution is -2.02. The highest BCUT2D eigenvalue weighted by atomic mass is 16.4. The third-order valence-corrected chi connectivity index (χ3v) is 1.43. The number of rotatable bonds is 4. The van der Waals surface area contributed by atoms with Crippen LogP contribution in [0.4, 0.5) is 6.01 Å². The molecule has 0 fully saturated rings. The summed E-state index contributed by atoms with van der Waals surface area (Å²) in [5.41, 5.74) is -0.103. The molecule has 14 heavy (non-hydrogen) atoms. The van der Waals surface area contributed by atoms with Crippen LogP contribution in [0.5, 0.6) is 0 Å². The molecule has 0 aromatic carbocycles. The summed E-state index contributed by atoms with van der Waals surface area (Å²) in [6, 6.07) is 0.209. The molecule has 1 rings (SSSR count). The number of hydrogen-bond acceptors (Lipinski definition) is 4. The van der Waals surface area contributed by atoms with Gasteiger partial charge in [0.25, 0.3) is 6.01 Å². The summed E-state index contributed by atoms with van der Waals surface area (Å²) in [5, 5.41) is 11.3. The zero-order valence-electron chi connectivity index (χ0n) is 7.70. The monoisotopic (exact) mass is 194 g/mol. The van der Waals surface area contributed by atoms with Crippen LogP contribution in [0.2, 0.25) is 0 Å². The number of carboxylic acids is 1. The molecule has 5 heteroatoms. The molecule has 1 aromatic heterocycles. The maximum atomic E-state index is 10.4. The van der Waals surface area contributed by atoms with Gasteiger partial charge in [0, 0.05) is 13.0 Å². The summed E-state index contributed by atoms with van der Waals surface area (Å²) in [5.74, 6) is 4.49. The molecule has 74 valence electrons. The number of carboxylic acid groups (broad SMARTS) is 1. The van der Waals surface area contributed by atoms with E-state index in [-0.39, 0.29) is 11.7 Å². The van der Waals surface area contributed by atoms with Gasteiger partial charge >= 0.3 is 5.97 Å². The van der Waals surface area contributed by atoms with E-state index in [1.165, 1.54) is 0 Å². The van der Waals surface area contributed by atoms with Crippen molar-refractivity contribution in [1.82, 2.24) is 4.98 Å². The van der Waals surface area contributed by atoms with E-state index in [2.05, 4.69) is 22.1 Å². The minimum absolute atomic E-state index is 0.103. The van der Waals surface area contributed by atoms with Crippen molar-refractivity contribution < 1.29 is 14.3 Å². The Hall–Kier alpha value is -1.96. The molecule has 0 bridgehead atoms. The number of anilines is 1. The van der Waals surface area contributed by atoms with Gasteiger partial charge in [-0.25, -0.2) is 4.79 Å². The second kappa shape index (κ2) is 4.92.